The van der Waals surface area contributed by atoms with Gasteiger partial charge < -0.3 is 10.1 Å². The molecule has 0 aliphatic heterocycles. The summed E-state index contributed by atoms with van der Waals surface area (Å²) in [5.41, 5.74) is -0.552. The molecule has 1 amide bonds. The van der Waals surface area contributed by atoms with Crippen LogP contribution >= 0.6 is 0 Å². The average Bonchev–Trinajstić information content (AvgIpc) is 1.97. The minimum atomic E-state index is -1.23. The van der Waals surface area contributed by atoms with Crippen LogP contribution in [0.15, 0.2) is 12.7 Å². The van der Waals surface area contributed by atoms with E-state index in [1.54, 1.807) is 20.8 Å². The van der Waals surface area contributed by atoms with E-state index in [0.29, 0.717) is 0 Å². The van der Waals surface area contributed by atoms with Gasteiger partial charge in [0.1, 0.15) is 11.8 Å². The lowest BCUT2D eigenvalue weighted by Crippen LogP contribution is -2.35. The van der Waals surface area contributed by atoms with Gasteiger partial charge in [-0.1, -0.05) is 6.08 Å². The summed E-state index contributed by atoms with van der Waals surface area (Å²) in [6, 6.07) is 0. The fraction of sp³-hybridized carbons (Fsp3) is 0.667. The fourth-order valence-electron chi connectivity index (χ4n) is 0.578. The Morgan fingerprint density at radius 3 is 2.62 bits per heavy atom. The first kappa shape index (κ1) is 11.9. The van der Waals surface area contributed by atoms with Gasteiger partial charge in [-0.15, -0.1) is 6.58 Å². The summed E-state index contributed by atoms with van der Waals surface area (Å²) in [5, 5.41) is 2.28. The molecule has 13 heavy (non-hydrogen) atoms. The summed E-state index contributed by atoms with van der Waals surface area (Å²) in [6.45, 7) is 8.38. The van der Waals surface area contributed by atoms with E-state index in [9.17, 15) is 9.18 Å². The van der Waals surface area contributed by atoms with Gasteiger partial charge in [-0.3, -0.25) is 0 Å². The molecule has 0 spiro atoms. The summed E-state index contributed by atoms with van der Waals surface area (Å²) >= 11 is 0. The van der Waals surface area contributed by atoms with Crippen LogP contribution in [0, 0.1) is 0 Å². The highest BCUT2D eigenvalue weighted by Crippen LogP contribution is 2.06. The smallest absolute Gasteiger partial charge is 0.407 e. The molecule has 0 fully saturated rings. The molecule has 0 saturated carbocycles. The molecule has 76 valence electrons. The van der Waals surface area contributed by atoms with Crippen LogP contribution in [-0.2, 0) is 4.74 Å². The summed E-state index contributed by atoms with van der Waals surface area (Å²) in [4.78, 5) is 10.9. The summed E-state index contributed by atoms with van der Waals surface area (Å²) in [5.74, 6) is 0. The van der Waals surface area contributed by atoms with Gasteiger partial charge in [0.25, 0.3) is 0 Å². The standard InChI is InChI=1S/C9H16FNO2/c1-5-7(10)6-11-8(12)13-9(2,3)4/h5,7H,1,6H2,2-4H3,(H,11,12). The lowest BCUT2D eigenvalue weighted by molar-refractivity contribution is 0.0518. The summed E-state index contributed by atoms with van der Waals surface area (Å²) in [7, 11) is 0. The zero-order chi connectivity index (χ0) is 10.5. The Morgan fingerprint density at radius 1 is 1.69 bits per heavy atom. The number of alkyl halides is 1. The van der Waals surface area contributed by atoms with Crippen molar-refractivity contribution in [2.45, 2.75) is 32.5 Å². The Hall–Kier alpha value is -1.06. The molecule has 0 bridgehead atoms. The number of amides is 1. The van der Waals surface area contributed by atoms with Crippen molar-refractivity contribution >= 4 is 6.09 Å². The van der Waals surface area contributed by atoms with Crippen molar-refractivity contribution in [3.8, 4) is 0 Å². The number of nitrogens with one attached hydrogen (secondary N) is 1. The van der Waals surface area contributed by atoms with Crippen LogP contribution in [0.4, 0.5) is 9.18 Å². The van der Waals surface area contributed by atoms with Gasteiger partial charge in [-0.2, -0.15) is 0 Å². The lowest BCUT2D eigenvalue weighted by Gasteiger charge is -2.19. The van der Waals surface area contributed by atoms with Crippen molar-refractivity contribution in [1.82, 2.24) is 5.32 Å². The first-order chi connectivity index (χ1) is 5.85. The largest absolute Gasteiger partial charge is 0.444 e. The third-order valence-corrected chi connectivity index (χ3v) is 1.10. The van der Waals surface area contributed by atoms with Crippen LogP contribution in [0.1, 0.15) is 20.8 Å². The molecule has 0 aromatic carbocycles. The SMILES string of the molecule is C=CC(F)CNC(=O)OC(C)(C)C. The summed E-state index contributed by atoms with van der Waals surface area (Å²) < 4.78 is 17.4. The van der Waals surface area contributed by atoms with Crippen molar-refractivity contribution in [2.24, 2.45) is 0 Å². The van der Waals surface area contributed by atoms with Gasteiger partial charge in [0.05, 0.1) is 6.54 Å². The number of hydrogen-bond donors (Lipinski definition) is 1. The van der Waals surface area contributed by atoms with E-state index in [0.717, 1.165) is 6.08 Å². The van der Waals surface area contributed by atoms with Crippen molar-refractivity contribution in [3.63, 3.8) is 0 Å². The fourth-order valence-corrected chi connectivity index (χ4v) is 0.578. The molecule has 3 nitrogen and oxygen atoms in total. The van der Waals surface area contributed by atoms with Gasteiger partial charge in [0, 0.05) is 0 Å². The zero-order valence-electron chi connectivity index (χ0n) is 8.26. The zero-order valence-corrected chi connectivity index (χ0v) is 8.26. The number of carbonyl (C=O) groups is 1. The molecule has 0 aliphatic rings. The van der Waals surface area contributed by atoms with Crippen LogP contribution in [0.5, 0.6) is 0 Å². The maximum Gasteiger partial charge on any atom is 0.407 e. The van der Waals surface area contributed by atoms with Gasteiger partial charge in [-0.25, -0.2) is 9.18 Å². The molecule has 0 saturated heterocycles. The highest BCUT2D eigenvalue weighted by atomic mass is 19.1. The van der Waals surface area contributed by atoms with Gasteiger partial charge in [0.15, 0.2) is 0 Å². The molecular weight excluding hydrogens is 173 g/mol. The highest BCUT2D eigenvalue weighted by Gasteiger charge is 2.16. The lowest BCUT2D eigenvalue weighted by atomic mass is 10.2. The second-order valence-electron chi connectivity index (χ2n) is 3.63. The van der Waals surface area contributed by atoms with E-state index in [-0.39, 0.29) is 6.54 Å². The van der Waals surface area contributed by atoms with Crippen LogP contribution in [0.3, 0.4) is 0 Å². The van der Waals surface area contributed by atoms with Crippen molar-refractivity contribution in [1.29, 1.82) is 0 Å². The van der Waals surface area contributed by atoms with Crippen LogP contribution in [0.2, 0.25) is 0 Å². The number of hydrogen-bond acceptors (Lipinski definition) is 2. The average molecular weight is 189 g/mol. The normalized spacial score (nSPS) is 13.2. The van der Waals surface area contributed by atoms with Gasteiger partial charge in [0.2, 0.25) is 0 Å². The molecule has 0 rings (SSSR count). The Morgan fingerprint density at radius 2 is 2.23 bits per heavy atom. The van der Waals surface area contributed by atoms with Gasteiger partial charge >= 0.3 is 6.09 Å². The van der Waals surface area contributed by atoms with E-state index in [1.807, 2.05) is 0 Å². The molecule has 1 atom stereocenters. The van der Waals surface area contributed by atoms with E-state index < -0.39 is 17.9 Å². The van der Waals surface area contributed by atoms with E-state index in [4.69, 9.17) is 4.74 Å². The van der Waals surface area contributed by atoms with Crippen LogP contribution in [0.25, 0.3) is 0 Å². The first-order valence-corrected chi connectivity index (χ1v) is 4.08. The number of rotatable bonds is 3. The third-order valence-electron chi connectivity index (χ3n) is 1.10. The molecule has 0 aromatic heterocycles. The van der Waals surface area contributed by atoms with Crippen molar-refractivity contribution in [2.75, 3.05) is 6.54 Å². The minimum absolute atomic E-state index is 0.0988. The predicted molar refractivity (Wildman–Crippen MR) is 49.3 cm³/mol. The van der Waals surface area contributed by atoms with Crippen molar-refractivity contribution in [3.05, 3.63) is 12.7 Å². The third kappa shape index (κ3) is 7.31. The number of carbonyl (C=O) groups excluding carboxylic acids is 1. The van der Waals surface area contributed by atoms with Crippen molar-refractivity contribution < 1.29 is 13.9 Å². The maximum atomic E-state index is 12.5. The van der Waals surface area contributed by atoms with Gasteiger partial charge in [-0.05, 0) is 20.8 Å². The molecule has 0 aliphatic carbocycles. The van der Waals surface area contributed by atoms with E-state index >= 15 is 0 Å². The minimum Gasteiger partial charge on any atom is -0.444 e. The molecular formula is C9H16FNO2. The highest BCUT2D eigenvalue weighted by molar-refractivity contribution is 5.67. The van der Waals surface area contributed by atoms with Crippen LogP contribution in [-0.4, -0.2) is 24.4 Å². The molecule has 4 heteroatoms. The molecule has 0 radical (unpaired) electrons. The Kier molecular flexibility index (Phi) is 4.45. The second kappa shape index (κ2) is 4.84. The monoisotopic (exact) mass is 189 g/mol. The Labute approximate surface area is 78.0 Å². The van der Waals surface area contributed by atoms with Crippen LogP contribution < -0.4 is 5.32 Å². The maximum absolute atomic E-state index is 12.5. The Balaban J connectivity index is 3.70. The number of alkyl carbamates (subject to hydrolysis) is 1. The first-order valence-electron chi connectivity index (χ1n) is 4.08. The number of halogens is 1. The second-order valence-corrected chi connectivity index (χ2v) is 3.63. The molecule has 1 unspecified atom stereocenters. The van der Waals surface area contributed by atoms with E-state index in [1.165, 1.54) is 0 Å². The Bertz CT molecular complexity index is 187. The quantitative estimate of drug-likeness (QED) is 0.690. The molecule has 0 heterocycles. The molecule has 0 aromatic rings. The predicted octanol–water partition coefficient (Wildman–Crippen LogP) is 2.04. The van der Waals surface area contributed by atoms with E-state index in [2.05, 4.69) is 11.9 Å². The number of ether oxygens (including phenoxy) is 1. The topological polar surface area (TPSA) is 38.3 Å². The molecule has 1 N–H and O–H groups in total. The summed E-state index contributed by atoms with van der Waals surface area (Å²) in [6.07, 6.45) is -0.721.